The average molecular weight is 583 g/mol. The largest absolute Gasteiger partial charge is 0.379 e. The van der Waals surface area contributed by atoms with E-state index in [1.54, 1.807) is 37.3 Å². The zero-order valence-electron chi connectivity index (χ0n) is 23.7. The fourth-order valence-corrected chi connectivity index (χ4v) is 4.48. The van der Waals surface area contributed by atoms with Crippen molar-refractivity contribution in [3.05, 3.63) is 35.9 Å². The van der Waals surface area contributed by atoms with Gasteiger partial charge in [0.2, 0.25) is 17.7 Å². The summed E-state index contributed by atoms with van der Waals surface area (Å²) in [6.45, 7) is 3.65. The molecule has 0 aromatic heterocycles. The maximum Gasteiger partial charge on any atom is 0.345 e. The molecule has 2 saturated heterocycles. The smallest absolute Gasteiger partial charge is 0.345 e. The van der Waals surface area contributed by atoms with Crippen LogP contribution in [0.1, 0.15) is 32.8 Å². The second-order valence-corrected chi connectivity index (χ2v) is 10.9. The third-order valence-electron chi connectivity index (χ3n) is 6.87. The molecule has 41 heavy (non-hydrogen) atoms. The lowest BCUT2D eigenvalue weighted by Crippen LogP contribution is -2.59. The van der Waals surface area contributed by atoms with E-state index in [0.717, 1.165) is 0 Å². The number of ketones is 1. The highest BCUT2D eigenvalue weighted by molar-refractivity contribution is 5.98. The summed E-state index contributed by atoms with van der Waals surface area (Å²) < 4.78 is 40.7. The number of epoxide rings is 1. The van der Waals surface area contributed by atoms with E-state index < -0.39 is 54.7 Å². The van der Waals surface area contributed by atoms with Gasteiger partial charge < -0.3 is 30.2 Å². The first-order valence-corrected chi connectivity index (χ1v) is 13.8. The SMILES string of the molecule is CC(C)C[C@H](NC(=O)[C@H](Cc1ccccc1)NC(=O)[C@H](COC(F)F)NC(=O)CN1CCOCC1)C(=O)[C@@]1(C)CO1. The van der Waals surface area contributed by atoms with E-state index in [2.05, 4.69) is 20.7 Å². The summed E-state index contributed by atoms with van der Waals surface area (Å²) in [7, 11) is 0. The highest BCUT2D eigenvalue weighted by Gasteiger charge is 2.50. The number of morpholine rings is 1. The molecule has 3 rings (SSSR count). The predicted molar refractivity (Wildman–Crippen MR) is 144 cm³/mol. The first-order chi connectivity index (χ1) is 19.5. The van der Waals surface area contributed by atoms with E-state index in [9.17, 15) is 28.0 Å². The molecule has 2 aliphatic heterocycles. The van der Waals surface area contributed by atoms with Crippen molar-refractivity contribution < 1.29 is 42.2 Å². The van der Waals surface area contributed by atoms with Crippen LogP contribution in [-0.2, 0) is 39.8 Å². The zero-order chi connectivity index (χ0) is 30.0. The van der Waals surface area contributed by atoms with Crippen LogP contribution >= 0.6 is 0 Å². The van der Waals surface area contributed by atoms with Crippen molar-refractivity contribution in [2.45, 2.75) is 64.0 Å². The number of nitrogens with one attached hydrogen (secondary N) is 3. The Labute approximate surface area is 238 Å². The van der Waals surface area contributed by atoms with E-state index in [1.807, 2.05) is 18.7 Å². The molecule has 2 heterocycles. The molecule has 1 aromatic carbocycles. The monoisotopic (exact) mass is 582 g/mol. The molecule has 0 unspecified atom stereocenters. The third-order valence-corrected chi connectivity index (χ3v) is 6.87. The Morgan fingerprint density at radius 2 is 1.59 bits per heavy atom. The standard InChI is InChI=1S/C28H40F2N4O7/c1-18(2)13-20(24(36)28(3)17-41-28)32-25(37)21(14-19-7-5-4-6-8-19)33-26(38)22(16-40-27(29)30)31-23(35)15-34-9-11-39-12-10-34/h4-8,18,20-22,27H,9-17H2,1-3H3,(H,31,35)(H,32,37)(H,33,38)/t20-,21-,22-,28+/m0/s1. The van der Waals surface area contributed by atoms with E-state index in [4.69, 9.17) is 9.47 Å². The van der Waals surface area contributed by atoms with Crippen LogP contribution in [0.4, 0.5) is 8.78 Å². The Hall–Kier alpha value is -3.00. The van der Waals surface area contributed by atoms with Gasteiger partial charge in [0.15, 0.2) is 5.78 Å². The van der Waals surface area contributed by atoms with Crippen molar-refractivity contribution in [3.63, 3.8) is 0 Å². The van der Waals surface area contributed by atoms with Crippen LogP contribution in [0, 0.1) is 5.92 Å². The Morgan fingerprint density at radius 3 is 2.17 bits per heavy atom. The van der Waals surface area contributed by atoms with Crippen molar-refractivity contribution in [3.8, 4) is 0 Å². The second-order valence-electron chi connectivity index (χ2n) is 10.9. The molecular weight excluding hydrogens is 542 g/mol. The number of hydrogen-bond acceptors (Lipinski definition) is 8. The van der Waals surface area contributed by atoms with E-state index in [0.29, 0.717) is 38.3 Å². The van der Waals surface area contributed by atoms with E-state index >= 15 is 0 Å². The van der Waals surface area contributed by atoms with Gasteiger partial charge >= 0.3 is 6.61 Å². The summed E-state index contributed by atoms with van der Waals surface area (Å²) in [6, 6.07) is 5.36. The number of rotatable bonds is 16. The number of alkyl halides is 2. The quantitative estimate of drug-likeness (QED) is 0.242. The molecule has 3 N–H and O–H groups in total. The molecule has 2 aliphatic rings. The Balaban J connectivity index is 1.75. The number of carbonyl (C=O) groups excluding carboxylic acids is 4. The van der Waals surface area contributed by atoms with Crippen molar-refractivity contribution in [2.75, 3.05) is 46.1 Å². The summed E-state index contributed by atoms with van der Waals surface area (Å²) in [5, 5.41) is 7.79. The highest BCUT2D eigenvalue weighted by Crippen LogP contribution is 2.29. The number of carbonyl (C=O) groups is 4. The Morgan fingerprint density at radius 1 is 0.976 bits per heavy atom. The van der Waals surface area contributed by atoms with Gasteiger partial charge in [-0.25, -0.2) is 0 Å². The number of Topliss-reactive ketones (excluding diaryl/α,β-unsaturated/α-hetero) is 1. The molecule has 1 aromatic rings. The van der Waals surface area contributed by atoms with Gasteiger partial charge in [0.1, 0.15) is 17.7 Å². The van der Waals surface area contributed by atoms with Crippen LogP contribution in [0.25, 0.3) is 0 Å². The van der Waals surface area contributed by atoms with Gasteiger partial charge in [0, 0.05) is 19.5 Å². The van der Waals surface area contributed by atoms with Gasteiger partial charge in [-0.1, -0.05) is 44.2 Å². The Bertz CT molecular complexity index is 1030. The first kappa shape index (κ1) is 32.5. The molecule has 228 valence electrons. The van der Waals surface area contributed by atoms with Gasteiger partial charge in [-0.05, 0) is 24.8 Å². The van der Waals surface area contributed by atoms with Crippen LogP contribution in [0.15, 0.2) is 30.3 Å². The maximum absolute atomic E-state index is 13.5. The van der Waals surface area contributed by atoms with Crippen molar-refractivity contribution in [1.82, 2.24) is 20.9 Å². The molecule has 0 saturated carbocycles. The average Bonchev–Trinajstić information content (AvgIpc) is 3.68. The fraction of sp³-hybridized carbons (Fsp3) is 0.643. The molecule has 4 atom stereocenters. The highest BCUT2D eigenvalue weighted by atomic mass is 19.3. The van der Waals surface area contributed by atoms with E-state index in [-0.39, 0.29) is 31.3 Å². The molecule has 0 bridgehead atoms. The van der Waals surface area contributed by atoms with Gasteiger partial charge in [0.25, 0.3) is 0 Å². The predicted octanol–water partition coefficient (Wildman–Crippen LogP) is 0.659. The first-order valence-electron chi connectivity index (χ1n) is 13.8. The van der Waals surface area contributed by atoms with Gasteiger partial charge in [-0.3, -0.25) is 24.1 Å². The third kappa shape index (κ3) is 10.7. The molecule has 11 nitrogen and oxygen atoms in total. The zero-order valence-corrected chi connectivity index (χ0v) is 23.7. The van der Waals surface area contributed by atoms with Crippen LogP contribution in [-0.4, -0.2) is 105 Å². The van der Waals surface area contributed by atoms with Crippen LogP contribution in [0.3, 0.4) is 0 Å². The minimum atomic E-state index is -3.17. The number of halogens is 2. The second kappa shape index (κ2) is 15.3. The fourth-order valence-electron chi connectivity index (χ4n) is 4.48. The number of amides is 3. The molecule has 3 amide bonds. The number of nitrogens with zero attached hydrogens (tertiary/aromatic N) is 1. The van der Waals surface area contributed by atoms with Gasteiger partial charge in [-0.2, -0.15) is 8.78 Å². The van der Waals surface area contributed by atoms with Gasteiger partial charge in [0.05, 0.1) is 39.0 Å². The van der Waals surface area contributed by atoms with Crippen LogP contribution in [0.2, 0.25) is 0 Å². The summed E-state index contributed by atoms with van der Waals surface area (Å²) in [5.74, 6) is -2.25. The lowest BCUT2D eigenvalue weighted by atomic mass is 9.93. The number of benzene rings is 1. The maximum atomic E-state index is 13.5. The lowest BCUT2D eigenvalue weighted by molar-refractivity contribution is -0.148. The summed E-state index contributed by atoms with van der Waals surface area (Å²) in [5.41, 5.74) is -0.248. The molecule has 0 spiro atoms. The minimum absolute atomic E-state index is 0.0545. The van der Waals surface area contributed by atoms with Crippen molar-refractivity contribution >= 4 is 23.5 Å². The summed E-state index contributed by atoms with van der Waals surface area (Å²) in [6.07, 6.45) is 0.414. The topological polar surface area (TPSA) is 139 Å². The Kier molecular flexibility index (Phi) is 12.1. The molecule has 2 fully saturated rings. The van der Waals surface area contributed by atoms with E-state index in [1.165, 1.54) is 0 Å². The lowest BCUT2D eigenvalue weighted by Gasteiger charge is -2.28. The summed E-state index contributed by atoms with van der Waals surface area (Å²) >= 11 is 0. The molecular formula is C28H40F2N4O7. The molecule has 0 radical (unpaired) electrons. The number of ether oxygens (including phenoxy) is 3. The van der Waals surface area contributed by atoms with Gasteiger partial charge in [-0.15, -0.1) is 0 Å². The van der Waals surface area contributed by atoms with Crippen molar-refractivity contribution in [1.29, 1.82) is 0 Å². The minimum Gasteiger partial charge on any atom is -0.379 e. The number of hydrogen-bond donors (Lipinski definition) is 3. The van der Waals surface area contributed by atoms with Crippen molar-refractivity contribution in [2.24, 2.45) is 5.92 Å². The molecule has 13 heteroatoms. The van der Waals surface area contributed by atoms with Crippen LogP contribution < -0.4 is 16.0 Å². The summed E-state index contributed by atoms with van der Waals surface area (Å²) in [4.78, 5) is 54.4. The van der Waals surface area contributed by atoms with Crippen LogP contribution in [0.5, 0.6) is 0 Å². The normalized spacial score (nSPS) is 21.1. The molecule has 0 aliphatic carbocycles.